The van der Waals surface area contributed by atoms with Gasteiger partial charge >= 0.3 is 0 Å². The van der Waals surface area contributed by atoms with Crippen LogP contribution in [0.1, 0.15) is 29.8 Å². The molecule has 4 heteroatoms. The van der Waals surface area contributed by atoms with E-state index < -0.39 is 0 Å². The first-order valence-electron chi connectivity index (χ1n) is 6.07. The predicted octanol–water partition coefficient (Wildman–Crippen LogP) is 3.64. The van der Waals surface area contributed by atoms with E-state index in [2.05, 4.69) is 31.3 Å². The van der Waals surface area contributed by atoms with Crippen LogP contribution in [0.25, 0.3) is 0 Å². The molecule has 0 atom stereocenters. The van der Waals surface area contributed by atoms with E-state index in [4.69, 9.17) is 16.0 Å². The van der Waals surface area contributed by atoms with Crippen LogP contribution in [0, 0.1) is 0 Å². The van der Waals surface area contributed by atoms with Crippen LogP contribution in [0.3, 0.4) is 0 Å². The van der Waals surface area contributed by atoms with Gasteiger partial charge in [0.05, 0.1) is 11.8 Å². The normalized spacial score (nSPS) is 11.3. The molecule has 0 aliphatic carbocycles. The lowest BCUT2D eigenvalue weighted by atomic mass is 9.84. The average Bonchev–Trinajstić information content (AvgIpc) is 2.83. The quantitative estimate of drug-likeness (QED) is 0.927. The van der Waals surface area contributed by atoms with Gasteiger partial charge in [0.2, 0.25) is 5.22 Å². The van der Waals surface area contributed by atoms with Gasteiger partial charge in [-0.25, -0.2) is 0 Å². The van der Waals surface area contributed by atoms with Crippen molar-refractivity contribution in [1.82, 2.24) is 5.32 Å². The Kier molecular flexibility index (Phi) is 3.96. The summed E-state index contributed by atoms with van der Waals surface area (Å²) in [4.78, 5) is 11.9. The first kappa shape index (κ1) is 13.7. The van der Waals surface area contributed by atoms with Gasteiger partial charge in [0.25, 0.3) is 5.91 Å². The summed E-state index contributed by atoms with van der Waals surface area (Å²) in [6.07, 6.45) is 1.40. The predicted molar refractivity (Wildman–Crippen MR) is 75.5 cm³/mol. The zero-order valence-electron chi connectivity index (χ0n) is 10.9. The summed E-state index contributed by atoms with van der Waals surface area (Å²) in [6.45, 7) is 4.69. The first-order valence-corrected chi connectivity index (χ1v) is 6.45. The molecule has 0 saturated carbocycles. The molecule has 0 aliphatic rings. The molecule has 0 radical (unpaired) electrons. The molecule has 0 fully saturated rings. The van der Waals surface area contributed by atoms with E-state index in [-0.39, 0.29) is 16.5 Å². The number of halogens is 1. The fourth-order valence-electron chi connectivity index (χ4n) is 1.84. The van der Waals surface area contributed by atoms with E-state index in [1.165, 1.54) is 11.8 Å². The molecular weight excluding hydrogens is 262 g/mol. The molecular formula is C15H16ClNO2. The van der Waals surface area contributed by atoms with Crippen LogP contribution in [0.4, 0.5) is 0 Å². The van der Waals surface area contributed by atoms with E-state index in [1.54, 1.807) is 6.07 Å². The molecule has 100 valence electrons. The van der Waals surface area contributed by atoms with Crippen LogP contribution >= 0.6 is 11.6 Å². The second-order valence-corrected chi connectivity index (χ2v) is 5.38. The Labute approximate surface area is 117 Å². The number of hydrogen-bond donors (Lipinski definition) is 1. The number of nitrogens with one attached hydrogen (secondary N) is 1. The maximum absolute atomic E-state index is 11.9. The van der Waals surface area contributed by atoms with Crippen molar-refractivity contribution in [3.8, 4) is 0 Å². The Morgan fingerprint density at radius 2 is 1.95 bits per heavy atom. The Bertz CT molecular complexity index is 561. The summed E-state index contributed by atoms with van der Waals surface area (Å²) >= 11 is 5.77. The molecule has 0 bridgehead atoms. The highest BCUT2D eigenvalue weighted by Crippen LogP contribution is 2.22. The number of carbonyl (C=O) groups is 1. The zero-order valence-corrected chi connectivity index (χ0v) is 11.7. The van der Waals surface area contributed by atoms with Gasteiger partial charge in [0, 0.05) is 12.0 Å². The number of furan rings is 1. The molecule has 0 unspecified atom stereocenters. The smallest absolute Gasteiger partial charge is 0.256 e. The van der Waals surface area contributed by atoms with Crippen LogP contribution in [0.2, 0.25) is 5.22 Å². The highest BCUT2D eigenvalue weighted by Gasteiger charge is 2.22. The number of carbonyl (C=O) groups excluding carboxylic acids is 1. The number of benzene rings is 1. The Balaban J connectivity index is 2.03. The minimum Gasteiger partial charge on any atom is -0.452 e. The first-order chi connectivity index (χ1) is 9.00. The largest absolute Gasteiger partial charge is 0.452 e. The maximum Gasteiger partial charge on any atom is 0.256 e. The van der Waals surface area contributed by atoms with Gasteiger partial charge in [-0.15, -0.1) is 0 Å². The molecule has 0 saturated heterocycles. The van der Waals surface area contributed by atoms with Crippen LogP contribution in [-0.2, 0) is 5.41 Å². The van der Waals surface area contributed by atoms with Crippen LogP contribution in [-0.4, -0.2) is 12.5 Å². The lowest BCUT2D eigenvalue weighted by Crippen LogP contribution is -2.36. The molecule has 1 heterocycles. The lowest BCUT2D eigenvalue weighted by Gasteiger charge is -2.25. The highest BCUT2D eigenvalue weighted by molar-refractivity contribution is 6.32. The summed E-state index contributed by atoms with van der Waals surface area (Å²) in [5, 5.41) is 3.00. The van der Waals surface area contributed by atoms with Gasteiger partial charge in [0.15, 0.2) is 0 Å². The Morgan fingerprint density at radius 3 is 2.53 bits per heavy atom. The number of amides is 1. The molecule has 1 amide bonds. The molecule has 0 spiro atoms. The van der Waals surface area contributed by atoms with Crippen molar-refractivity contribution in [2.24, 2.45) is 0 Å². The summed E-state index contributed by atoms with van der Waals surface area (Å²) in [6, 6.07) is 11.6. The second kappa shape index (κ2) is 5.49. The summed E-state index contributed by atoms with van der Waals surface area (Å²) < 4.78 is 4.91. The Hall–Kier alpha value is -1.74. The van der Waals surface area contributed by atoms with E-state index in [1.807, 2.05) is 18.2 Å². The van der Waals surface area contributed by atoms with Crippen molar-refractivity contribution in [2.75, 3.05) is 6.54 Å². The second-order valence-electron chi connectivity index (χ2n) is 5.04. The van der Waals surface area contributed by atoms with Crippen molar-refractivity contribution in [2.45, 2.75) is 19.3 Å². The van der Waals surface area contributed by atoms with Crippen LogP contribution in [0.5, 0.6) is 0 Å². The van der Waals surface area contributed by atoms with E-state index in [0.717, 1.165) is 0 Å². The lowest BCUT2D eigenvalue weighted by molar-refractivity contribution is 0.0945. The molecule has 19 heavy (non-hydrogen) atoms. The third kappa shape index (κ3) is 3.18. The van der Waals surface area contributed by atoms with E-state index in [0.29, 0.717) is 12.1 Å². The highest BCUT2D eigenvalue weighted by atomic mass is 35.5. The van der Waals surface area contributed by atoms with Gasteiger partial charge in [-0.1, -0.05) is 44.2 Å². The van der Waals surface area contributed by atoms with Gasteiger partial charge in [-0.2, -0.15) is 0 Å². The monoisotopic (exact) mass is 277 g/mol. The molecule has 1 N–H and O–H groups in total. The Morgan fingerprint density at radius 1 is 1.26 bits per heavy atom. The van der Waals surface area contributed by atoms with Crippen molar-refractivity contribution in [3.05, 3.63) is 59.0 Å². The fourth-order valence-corrected chi connectivity index (χ4v) is 2.04. The van der Waals surface area contributed by atoms with Crippen molar-refractivity contribution < 1.29 is 9.21 Å². The van der Waals surface area contributed by atoms with Gasteiger partial charge in [-0.05, 0) is 23.2 Å². The van der Waals surface area contributed by atoms with Gasteiger partial charge in [0.1, 0.15) is 0 Å². The minimum absolute atomic E-state index is 0.120. The van der Waals surface area contributed by atoms with Crippen molar-refractivity contribution in [3.63, 3.8) is 0 Å². The standard InChI is InChI=1S/C15H16ClNO2/c1-15(2,11-6-4-3-5-7-11)10-17-14(18)12-8-9-19-13(12)16/h3-9H,10H2,1-2H3,(H,17,18). The van der Waals surface area contributed by atoms with E-state index >= 15 is 0 Å². The third-order valence-electron chi connectivity index (χ3n) is 3.11. The van der Waals surface area contributed by atoms with Crippen LogP contribution < -0.4 is 5.32 Å². The van der Waals surface area contributed by atoms with Gasteiger partial charge < -0.3 is 9.73 Å². The topological polar surface area (TPSA) is 42.2 Å². The van der Waals surface area contributed by atoms with Crippen LogP contribution in [0.15, 0.2) is 47.1 Å². The number of hydrogen-bond acceptors (Lipinski definition) is 2. The molecule has 1 aromatic carbocycles. The third-order valence-corrected chi connectivity index (χ3v) is 3.40. The summed E-state index contributed by atoms with van der Waals surface area (Å²) in [5.74, 6) is -0.220. The molecule has 0 aliphatic heterocycles. The fraction of sp³-hybridized carbons (Fsp3) is 0.267. The van der Waals surface area contributed by atoms with Gasteiger partial charge in [-0.3, -0.25) is 4.79 Å². The molecule has 1 aromatic heterocycles. The molecule has 2 aromatic rings. The summed E-state index contributed by atoms with van der Waals surface area (Å²) in [7, 11) is 0. The average molecular weight is 278 g/mol. The maximum atomic E-state index is 11.9. The SMILES string of the molecule is CC(C)(CNC(=O)c1ccoc1Cl)c1ccccc1. The van der Waals surface area contributed by atoms with E-state index in [9.17, 15) is 4.79 Å². The summed E-state index contributed by atoms with van der Waals surface area (Å²) in [5.41, 5.74) is 1.40. The number of rotatable bonds is 4. The molecule has 2 rings (SSSR count). The zero-order chi connectivity index (χ0) is 13.9. The van der Waals surface area contributed by atoms with Crippen molar-refractivity contribution in [1.29, 1.82) is 0 Å². The molecule has 3 nitrogen and oxygen atoms in total. The minimum atomic E-state index is -0.220. The van der Waals surface area contributed by atoms with Crippen molar-refractivity contribution >= 4 is 17.5 Å².